The fourth-order valence-corrected chi connectivity index (χ4v) is 4.16. The first-order valence-corrected chi connectivity index (χ1v) is 9.38. The number of nitrogens with one attached hydrogen (secondary N) is 1. The predicted molar refractivity (Wildman–Crippen MR) is 79.7 cm³/mol. The second-order valence-electron chi connectivity index (χ2n) is 6.11. The van der Waals surface area contributed by atoms with E-state index in [-0.39, 0.29) is 0 Å². The summed E-state index contributed by atoms with van der Waals surface area (Å²) in [5, 5.41) is 0. The molecule has 0 radical (unpaired) electrons. The zero-order valence-corrected chi connectivity index (χ0v) is 13.3. The fraction of sp³-hybridized carbons (Fsp3) is 1.00. The molecular weight excluding hydrogens is 276 g/mol. The predicted octanol–water partition coefficient (Wildman–Crippen LogP) is 1.90. The molecule has 0 spiro atoms. The van der Waals surface area contributed by atoms with E-state index in [4.69, 9.17) is 4.74 Å². The minimum absolute atomic E-state index is 0.412. The highest BCUT2D eigenvalue weighted by atomic mass is 32.2. The average Bonchev–Trinajstić information content (AvgIpc) is 2.92. The van der Waals surface area contributed by atoms with Crippen LogP contribution in [0.5, 0.6) is 0 Å². The van der Waals surface area contributed by atoms with Gasteiger partial charge >= 0.3 is 0 Å². The number of hydrogen-bond acceptors (Lipinski definition) is 3. The zero-order valence-electron chi connectivity index (χ0n) is 12.5. The number of unbranched alkanes of at least 4 members (excludes halogenated alkanes) is 1. The Hall–Kier alpha value is -0.170. The van der Waals surface area contributed by atoms with Crippen molar-refractivity contribution in [1.29, 1.82) is 0 Å². The molecule has 2 saturated heterocycles. The van der Waals surface area contributed by atoms with Crippen molar-refractivity contribution < 1.29 is 13.2 Å². The molecule has 20 heavy (non-hydrogen) atoms. The maximum atomic E-state index is 12.1. The number of rotatable bonds is 7. The highest BCUT2D eigenvalue weighted by Crippen LogP contribution is 2.19. The Balaban J connectivity index is 1.59. The van der Waals surface area contributed by atoms with Gasteiger partial charge in [-0.25, -0.2) is 4.72 Å². The quantitative estimate of drug-likeness (QED) is 0.731. The maximum Gasteiger partial charge on any atom is 0.279 e. The molecule has 1 unspecified atom stereocenters. The molecular formula is C14H28N2O3S. The van der Waals surface area contributed by atoms with E-state index in [2.05, 4.69) is 11.6 Å². The van der Waals surface area contributed by atoms with Crippen LogP contribution in [0.2, 0.25) is 0 Å². The van der Waals surface area contributed by atoms with Gasteiger partial charge in [0.05, 0.1) is 6.10 Å². The van der Waals surface area contributed by atoms with Crippen LogP contribution in [0.15, 0.2) is 0 Å². The molecule has 0 bridgehead atoms. The molecule has 118 valence electrons. The number of hydrogen-bond donors (Lipinski definition) is 1. The van der Waals surface area contributed by atoms with Crippen molar-refractivity contribution in [2.45, 2.75) is 58.0 Å². The Morgan fingerprint density at radius 1 is 1.20 bits per heavy atom. The van der Waals surface area contributed by atoms with E-state index in [1.54, 1.807) is 4.31 Å². The topological polar surface area (TPSA) is 58.6 Å². The Labute approximate surface area is 123 Å². The van der Waals surface area contributed by atoms with Crippen molar-refractivity contribution in [3.05, 3.63) is 0 Å². The molecule has 0 saturated carbocycles. The first kappa shape index (κ1) is 16.2. The Morgan fingerprint density at radius 3 is 2.60 bits per heavy atom. The number of ether oxygens (including phenoxy) is 1. The molecule has 0 aromatic carbocycles. The third-order valence-electron chi connectivity index (χ3n) is 4.34. The second kappa shape index (κ2) is 7.73. The largest absolute Gasteiger partial charge is 0.378 e. The van der Waals surface area contributed by atoms with Gasteiger partial charge in [0.2, 0.25) is 0 Å². The van der Waals surface area contributed by atoms with E-state index in [1.165, 1.54) is 6.42 Å². The van der Waals surface area contributed by atoms with Crippen molar-refractivity contribution in [1.82, 2.24) is 9.03 Å². The van der Waals surface area contributed by atoms with Gasteiger partial charge in [0.25, 0.3) is 10.2 Å². The lowest BCUT2D eigenvalue weighted by atomic mass is 10.0. The van der Waals surface area contributed by atoms with Crippen LogP contribution >= 0.6 is 0 Å². The van der Waals surface area contributed by atoms with E-state index >= 15 is 0 Å². The second-order valence-corrected chi connectivity index (χ2v) is 7.87. The smallest absolute Gasteiger partial charge is 0.279 e. The van der Waals surface area contributed by atoms with Gasteiger partial charge in [-0.1, -0.05) is 6.92 Å². The molecule has 0 amide bonds. The summed E-state index contributed by atoms with van der Waals surface area (Å²) in [6, 6.07) is 0. The van der Waals surface area contributed by atoms with Gasteiger partial charge < -0.3 is 4.74 Å². The first-order chi connectivity index (χ1) is 9.58. The molecule has 0 aromatic rings. The third kappa shape index (κ3) is 4.98. The van der Waals surface area contributed by atoms with Gasteiger partial charge in [-0.2, -0.15) is 12.7 Å². The molecule has 2 heterocycles. The van der Waals surface area contributed by atoms with Crippen LogP contribution in [-0.2, 0) is 14.9 Å². The summed E-state index contributed by atoms with van der Waals surface area (Å²) in [5.41, 5.74) is 0. The maximum absolute atomic E-state index is 12.1. The summed E-state index contributed by atoms with van der Waals surface area (Å²) in [6.07, 6.45) is 7.67. The Morgan fingerprint density at radius 2 is 1.95 bits per heavy atom. The van der Waals surface area contributed by atoms with Gasteiger partial charge in [-0.3, -0.25) is 0 Å². The summed E-state index contributed by atoms with van der Waals surface area (Å²) in [4.78, 5) is 0. The Kier molecular flexibility index (Phi) is 6.26. The molecule has 1 atom stereocenters. The molecule has 2 aliphatic heterocycles. The number of nitrogens with zero attached hydrogens (tertiary/aromatic N) is 1. The van der Waals surface area contributed by atoms with Gasteiger partial charge in [-0.05, 0) is 50.9 Å². The van der Waals surface area contributed by atoms with Crippen LogP contribution < -0.4 is 4.72 Å². The van der Waals surface area contributed by atoms with Crippen LogP contribution in [0.1, 0.15) is 51.9 Å². The summed E-state index contributed by atoms with van der Waals surface area (Å²) >= 11 is 0. The van der Waals surface area contributed by atoms with Gasteiger partial charge in [0, 0.05) is 26.2 Å². The summed E-state index contributed by atoms with van der Waals surface area (Å²) in [6.45, 7) is 4.94. The van der Waals surface area contributed by atoms with E-state index in [9.17, 15) is 8.42 Å². The molecule has 2 aliphatic rings. The monoisotopic (exact) mass is 304 g/mol. The van der Waals surface area contributed by atoms with Gasteiger partial charge in [-0.15, -0.1) is 0 Å². The highest BCUT2D eigenvalue weighted by Gasteiger charge is 2.25. The van der Waals surface area contributed by atoms with E-state index in [1.807, 2.05) is 0 Å². The van der Waals surface area contributed by atoms with Gasteiger partial charge in [0.15, 0.2) is 0 Å². The first-order valence-electron chi connectivity index (χ1n) is 7.94. The van der Waals surface area contributed by atoms with Crippen LogP contribution in [-0.4, -0.2) is 45.1 Å². The molecule has 2 rings (SSSR count). The minimum atomic E-state index is -3.25. The van der Waals surface area contributed by atoms with Crippen molar-refractivity contribution in [3.63, 3.8) is 0 Å². The lowest BCUT2D eigenvalue weighted by Gasteiger charge is -2.29. The average molecular weight is 304 g/mol. The molecule has 5 nitrogen and oxygen atoms in total. The minimum Gasteiger partial charge on any atom is -0.378 e. The van der Waals surface area contributed by atoms with E-state index < -0.39 is 10.2 Å². The Bertz CT molecular complexity index is 372. The van der Waals surface area contributed by atoms with Crippen molar-refractivity contribution in [3.8, 4) is 0 Å². The van der Waals surface area contributed by atoms with Crippen LogP contribution in [0.4, 0.5) is 0 Å². The van der Waals surface area contributed by atoms with Crippen LogP contribution in [0, 0.1) is 5.92 Å². The highest BCUT2D eigenvalue weighted by molar-refractivity contribution is 7.87. The lowest BCUT2D eigenvalue weighted by Crippen LogP contribution is -2.44. The molecule has 6 heteroatoms. The molecule has 1 N–H and O–H groups in total. The van der Waals surface area contributed by atoms with Crippen LogP contribution in [0.3, 0.4) is 0 Å². The van der Waals surface area contributed by atoms with E-state index in [0.717, 1.165) is 45.1 Å². The van der Waals surface area contributed by atoms with Crippen molar-refractivity contribution >= 4 is 10.2 Å². The SMILES string of the molecule is CC1CCN(S(=O)(=O)NCCCCC2CCCO2)CC1. The van der Waals surface area contributed by atoms with Gasteiger partial charge in [0.1, 0.15) is 0 Å². The normalized spacial score (nSPS) is 26.1. The summed E-state index contributed by atoms with van der Waals surface area (Å²) < 4.78 is 34.1. The number of piperidine rings is 1. The van der Waals surface area contributed by atoms with Crippen molar-refractivity contribution in [2.24, 2.45) is 5.92 Å². The third-order valence-corrected chi connectivity index (χ3v) is 5.96. The van der Waals surface area contributed by atoms with E-state index in [0.29, 0.717) is 31.7 Å². The van der Waals surface area contributed by atoms with Crippen LogP contribution in [0.25, 0.3) is 0 Å². The summed E-state index contributed by atoms with van der Waals surface area (Å²) in [7, 11) is -3.25. The molecule has 2 fully saturated rings. The standard InChI is InChI=1S/C14H28N2O3S/c1-13-7-10-16(11-8-13)20(17,18)15-9-3-2-5-14-6-4-12-19-14/h13-15H,2-12H2,1H3. The lowest BCUT2D eigenvalue weighted by molar-refractivity contribution is 0.102. The zero-order chi connectivity index (χ0) is 14.4. The van der Waals surface area contributed by atoms with Crippen molar-refractivity contribution in [2.75, 3.05) is 26.2 Å². The molecule has 0 aliphatic carbocycles. The summed E-state index contributed by atoms with van der Waals surface area (Å²) in [5.74, 6) is 0.646. The molecule has 0 aromatic heterocycles. The fourth-order valence-electron chi connectivity index (χ4n) is 2.89.